The molecule has 240 valence electrons. The number of hydrogen-bond acceptors (Lipinski definition) is 10. The average molecular weight is 633 g/mol. The van der Waals surface area contributed by atoms with Crippen molar-refractivity contribution in [3.63, 3.8) is 0 Å². The largest absolute Gasteiger partial charge is 0.397 e. The van der Waals surface area contributed by atoms with Crippen molar-refractivity contribution >= 4 is 45.9 Å². The van der Waals surface area contributed by atoms with E-state index in [1.807, 2.05) is 18.9 Å². The maximum atomic E-state index is 13.7. The van der Waals surface area contributed by atoms with E-state index in [1.165, 1.54) is 0 Å². The quantitative estimate of drug-likeness (QED) is 0.284. The topological polar surface area (TPSA) is 150 Å². The SMILES string of the molecule is CCCC(CC)C(=N)c1nc(N(CC)C(=O)[C@@H]2CCN(CC(=O)N3CC=C(c4ncc(-c5ncn(C)n5)s4)CC3)C2)ccc1N. The van der Waals surface area contributed by atoms with Crippen LogP contribution in [0.1, 0.15) is 63.6 Å². The number of carbonyl (C=O) groups excluding carboxylic acids is 2. The smallest absolute Gasteiger partial charge is 0.237 e. The maximum absolute atomic E-state index is 13.7. The minimum Gasteiger partial charge on any atom is -0.397 e. The van der Waals surface area contributed by atoms with Gasteiger partial charge in [0.15, 0.2) is 5.82 Å². The summed E-state index contributed by atoms with van der Waals surface area (Å²) in [6.07, 6.45) is 9.73. The van der Waals surface area contributed by atoms with Gasteiger partial charge in [-0.3, -0.25) is 24.1 Å². The molecule has 13 heteroatoms. The fourth-order valence-corrected chi connectivity index (χ4v) is 7.03. The Morgan fingerprint density at radius 1 is 1.20 bits per heavy atom. The van der Waals surface area contributed by atoms with Crippen LogP contribution in [0.2, 0.25) is 0 Å². The van der Waals surface area contributed by atoms with Gasteiger partial charge in [-0.1, -0.05) is 26.3 Å². The van der Waals surface area contributed by atoms with Crippen LogP contribution in [-0.2, 0) is 16.6 Å². The fraction of sp³-hybridized carbons (Fsp3) is 0.531. The lowest BCUT2D eigenvalue weighted by Crippen LogP contribution is -2.42. The van der Waals surface area contributed by atoms with Crippen LogP contribution in [0.25, 0.3) is 16.3 Å². The van der Waals surface area contributed by atoms with Gasteiger partial charge in [-0.2, -0.15) is 5.10 Å². The lowest BCUT2D eigenvalue weighted by molar-refractivity contribution is -0.132. The second kappa shape index (κ2) is 14.4. The van der Waals surface area contributed by atoms with Crippen LogP contribution in [0.3, 0.4) is 0 Å². The summed E-state index contributed by atoms with van der Waals surface area (Å²) >= 11 is 1.57. The van der Waals surface area contributed by atoms with E-state index in [1.54, 1.807) is 45.6 Å². The van der Waals surface area contributed by atoms with Crippen molar-refractivity contribution in [2.24, 2.45) is 18.9 Å². The van der Waals surface area contributed by atoms with E-state index in [0.29, 0.717) is 74.4 Å². The minimum atomic E-state index is -0.218. The van der Waals surface area contributed by atoms with E-state index in [0.717, 1.165) is 41.1 Å². The van der Waals surface area contributed by atoms with Crippen molar-refractivity contribution in [3.05, 3.63) is 41.4 Å². The van der Waals surface area contributed by atoms with Gasteiger partial charge in [0.05, 0.1) is 28.7 Å². The van der Waals surface area contributed by atoms with Crippen LogP contribution in [0.5, 0.6) is 0 Å². The number of nitrogen functional groups attached to an aromatic ring is 1. The number of pyridine rings is 1. The predicted molar refractivity (Wildman–Crippen MR) is 178 cm³/mol. The van der Waals surface area contributed by atoms with E-state index < -0.39 is 0 Å². The number of carbonyl (C=O) groups is 2. The molecule has 12 nitrogen and oxygen atoms in total. The third kappa shape index (κ3) is 7.30. The summed E-state index contributed by atoms with van der Waals surface area (Å²) in [6.45, 7) is 9.29. The van der Waals surface area contributed by atoms with E-state index in [4.69, 9.17) is 16.1 Å². The molecule has 0 bridgehead atoms. The number of hydrogen-bond donors (Lipinski definition) is 2. The number of nitrogens with zero attached hydrogens (tertiary/aromatic N) is 8. The molecular formula is C32H44N10O2S. The number of anilines is 2. The number of nitrogens with one attached hydrogen (secondary N) is 1. The van der Waals surface area contributed by atoms with Gasteiger partial charge in [-0.25, -0.2) is 15.0 Å². The number of aromatic nitrogens is 5. The number of nitrogens with two attached hydrogens (primary N) is 1. The summed E-state index contributed by atoms with van der Waals surface area (Å²) in [5.74, 6) is 1.13. The number of aryl methyl sites for hydroxylation is 1. The molecule has 45 heavy (non-hydrogen) atoms. The Kier molecular flexibility index (Phi) is 10.4. The molecule has 2 aliphatic rings. The molecular weight excluding hydrogens is 588 g/mol. The van der Waals surface area contributed by atoms with Crippen molar-refractivity contribution in [1.29, 1.82) is 5.41 Å². The Hall–Kier alpha value is -3.97. The first-order valence-corrected chi connectivity index (χ1v) is 16.7. The third-order valence-corrected chi connectivity index (χ3v) is 9.78. The molecule has 0 aliphatic carbocycles. The molecule has 0 aromatic carbocycles. The highest BCUT2D eigenvalue weighted by Crippen LogP contribution is 2.31. The van der Waals surface area contributed by atoms with E-state index in [9.17, 15) is 9.59 Å². The van der Waals surface area contributed by atoms with Gasteiger partial charge in [0.2, 0.25) is 11.8 Å². The molecule has 2 aliphatic heterocycles. The molecule has 1 fully saturated rings. The number of thiazole rings is 1. The molecule has 0 saturated carbocycles. The Bertz CT molecular complexity index is 1560. The monoisotopic (exact) mass is 632 g/mol. The van der Waals surface area contributed by atoms with Crippen LogP contribution in [0.4, 0.5) is 11.5 Å². The van der Waals surface area contributed by atoms with Gasteiger partial charge >= 0.3 is 0 Å². The molecule has 5 heterocycles. The summed E-state index contributed by atoms with van der Waals surface area (Å²) in [7, 11) is 1.84. The van der Waals surface area contributed by atoms with Crippen LogP contribution in [-0.4, -0.2) is 91.3 Å². The number of amides is 2. The molecule has 0 radical (unpaired) electrons. The van der Waals surface area contributed by atoms with E-state index in [2.05, 4.69) is 39.9 Å². The summed E-state index contributed by atoms with van der Waals surface area (Å²) in [4.78, 5) is 47.1. The summed E-state index contributed by atoms with van der Waals surface area (Å²) in [6, 6.07) is 3.52. The number of rotatable bonds is 12. The molecule has 2 amide bonds. The maximum Gasteiger partial charge on any atom is 0.237 e. The van der Waals surface area contributed by atoms with Gasteiger partial charge in [-0.05, 0) is 56.9 Å². The van der Waals surface area contributed by atoms with Gasteiger partial charge < -0.3 is 16.0 Å². The molecule has 1 unspecified atom stereocenters. The van der Waals surface area contributed by atoms with Crippen molar-refractivity contribution in [3.8, 4) is 10.7 Å². The molecule has 2 atom stereocenters. The van der Waals surface area contributed by atoms with Crippen molar-refractivity contribution in [1.82, 2.24) is 34.5 Å². The lowest BCUT2D eigenvalue weighted by atomic mass is 9.92. The summed E-state index contributed by atoms with van der Waals surface area (Å²) in [5.41, 5.74) is 8.75. The van der Waals surface area contributed by atoms with Crippen LogP contribution >= 0.6 is 11.3 Å². The van der Waals surface area contributed by atoms with Crippen molar-refractivity contribution in [2.45, 2.75) is 52.9 Å². The molecule has 3 aromatic heterocycles. The zero-order valence-corrected chi connectivity index (χ0v) is 27.5. The minimum absolute atomic E-state index is 0.00271. The van der Waals surface area contributed by atoms with Crippen LogP contribution in [0.15, 0.2) is 30.7 Å². The second-order valence-corrected chi connectivity index (χ2v) is 12.8. The van der Waals surface area contributed by atoms with Crippen molar-refractivity contribution in [2.75, 3.05) is 49.9 Å². The first kappa shape index (κ1) is 32.4. The molecule has 3 N–H and O–H groups in total. The second-order valence-electron chi connectivity index (χ2n) is 11.8. The van der Waals surface area contributed by atoms with Gasteiger partial charge in [0.25, 0.3) is 0 Å². The normalized spacial score (nSPS) is 17.7. The summed E-state index contributed by atoms with van der Waals surface area (Å²) in [5, 5.41) is 14.1. The first-order chi connectivity index (χ1) is 21.7. The molecule has 5 rings (SSSR count). The average Bonchev–Trinajstić information content (AvgIpc) is 3.82. The number of likely N-dealkylation sites (tertiary alicyclic amines) is 1. The molecule has 1 saturated heterocycles. The van der Waals surface area contributed by atoms with Crippen molar-refractivity contribution < 1.29 is 9.59 Å². The molecule has 0 spiro atoms. The van der Waals surface area contributed by atoms with Gasteiger partial charge in [-0.15, -0.1) is 11.3 Å². The predicted octanol–water partition coefficient (Wildman–Crippen LogP) is 4.10. The van der Waals surface area contributed by atoms with E-state index >= 15 is 0 Å². The Morgan fingerprint density at radius 3 is 2.69 bits per heavy atom. The Balaban J connectivity index is 1.16. The zero-order valence-electron chi connectivity index (χ0n) is 26.7. The van der Waals surface area contributed by atoms with Crippen LogP contribution < -0.4 is 10.6 Å². The Morgan fingerprint density at radius 2 is 2.02 bits per heavy atom. The lowest BCUT2D eigenvalue weighted by Gasteiger charge is -2.28. The Labute approximate surface area is 268 Å². The highest BCUT2D eigenvalue weighted by atomic mass is 32.1. The highest BCUT2D eigenvalue weighted by molar-refractivity contribution is 7.16. The van der Waals surface area contributed by atoms with E-state index in [-0.39, 0.29) is 23.7 Å². The van der Waals surface area contributed by atoms with Gasteiger partial charge in [0.1, 0.15) is 22.8 Å². The zero-order chi connectivity index (χ0) is 32.1. The summed E-state index contributed by atoms with van der Waals surface area (Å²) < 4.78 is 1.67. The highest BCUT2D eigenvalue weighted by Gasteiger charge is 2.34. The first-order valence-electron chi connectivity index (χ1n) is 15.9. The van der Waals surface area contributed by atoms with Crippen LogP contribution in [0, 0.1) is 17.2 Å². The fourth-order valence-electron chi connectivity index (χ4n) is 6.11. The standard InChI is InChI=1S/C32H44N10O2S/c1-5-8-21(6-2)28(34)29-24(33)9-10-26(37-29)42(7-3)32(44)23-11-14-40(18-23)19-27(43)41-15-12-22(13-16-41)31-35-17-25(45-31)30-36-20-39(4)38-30/h9-10,12,17,20-21,23,34H,5-8,11,13-16,18-19,33H2,1-4H3/t21?,23-/m1/s1. The third-order valence-electron chi connectivity index (χ3n) is 8.71. The van der Waals surface area contributed by atoms with Gasteiger partial charge in [0, 0.05) is 45.3 Å². The molecule has 3 aromatic rings.